The molecule has 0 amide bonds. The van der Waals surface area contributed by atoms with Crippen LogP contribution < -0.4 is 0 Å². The molecule has 0 bridgehead atoms. The van der Waals surface area contributed by atoms with Gasteiger partial charge in [0.05, 0.1) is 36.9 Å². The molecule has 4 N–H and O–H groups in total. The zero-order valence-corrected chi connectivity index (χ0v) is 21.1. The maximum absolute atomic E-state index is 13.0. The minimum atomic E-state index is -0.864. The maximum Gasteiger partial charge on any atom is 0.309 e. The van der Waals surface area contributed by atoms with E-state index in [4.69, 9.17) is 4.74 Å². The molecule has 4 aliphatic rings. The van der Waals surface area contributed by atoms with Crippen LogP contribution in [0.2, 0.25) is 0 Å². The molecule has 6 heteroatoms. The smallest absolute Gasteiger partial charge is 0.309 e. The minimum Gasteiger partial charge on any atom is -0.465 e. The Morgan fingerprint density at radius 1 is 1.00 bits per heavy atom. The lowest BCUT2D eigenvalue weighted by molar-refractivity contribution is -0.162. The first-order valence-corrected chi connectivity index (χ1v) is 13.3. The highest BCUT2D eigenvalue weighted by Gasteiger charge is 2.63. The summed E-state index contributed by atoms with van der Waals surface area (Å²) in [6, 6.07) is 0. The SMILES string of the molecule is CC(C)C[C@H](O)[C@@H](O)[C@@H](C)[C@H]1CC[C@H]2[C@H]3COC(=O)[C@H]4C[C@H](O)[C@H](O)C[C@]4(C)[C@H]3CC[C@]12C. The van der Waals surface area contributed by atoms with Crippen molar-refractivity contribution in [3.63, 3.8) is 0 Å². The Morgan fingerprint density at radius 3 is 2.33 bits per heavy atom. The number of cyclic esters (lactones) is 1. The Bertz CT molecular complexity index is 725. The second-order valence-electron chi connectivity index (χ2n) is 12.9. The van der Waals surface area contributed by atoms with E-state index in [0.717, 1.165) is 25.7 Å². The molecule has 1 heterocycles. The van der Waals surface area contributed by atoms with E-state index in [0.29, 0.717) is 37.2 Å². The fourth-order valence-corrected chi connectivity index (χ4v) is 8.90. The molecule has 4 rings (SSSR count). The number of aliphatic hydroxyl groups excluding tert-OH is 4. The summed E-state index contributed by atoms with van der Waals surface area (Å²) in [5, 5.41) is 42.4. The third kappa shape index (κ3) is 4.17. The third-order valence-corrected chi connectivity index (χ3v) is 10.7. The van der Waals surface area contributed by atoms with Crippen molar-refractivity contribution in [1.29, 1.82) is 0 Å². The van der Waals surface area contributed by atoms with Crippen molar-refractivity contribution in [2.24, 2.45) is 52.3 Å². The molecule has 0 unspecified atom stereocenters. The number of rotatable bonds is 5. The Kier molecular flexibility index (Phi) is 6.98. The summed E-state index contributed by atoms with van der Waals surface area (Å²) in [5.74, 6) is 0.998. The van der Waals surface area contributed by atoms with Gasteiger partial charge in [0.2, 0.25) is 0 Å². The topological polar surface area (TPSA) is 107 Å². The summed E-state index contributed by atoms with van der Waals surface area (Å²) in [7, 11) is 0. The summed E-state index contributed by atoms with van der Waals surface area (Å²) >= 11 is 0. The number of hydrogen-bond donors (Lipinski definition) is 4. The summed E-state index contributed by atoms with van der Waals surface area (Å²) in [4.78, 5) is 13.0. The Hall–Kier alpha value is -0.690. The number of ether oxygens (including phenoxy) is 1. The summed E-state index contributed by atoms with van der Waals surface area (Å²) < 4.78 is 5.85. The number of fused-ring (bicyclic) bond motifs is 5. The van der Waals surface area contributed by atoms with E-state index in [1.165, 1.54) is 0 Å². The van der Waals surface area contributed by atoms with Gasteiger partial charge < -0.3 is 25.2 Å². The van der Waals surface area contributed by atoms with Crippen molar-refractivity contribution in [2.45, 2.75) is 104 Å². The molecule has 6 nitrogen and oxygen atoms in total. The molecule has 190 valence electrons. The largest absolute Gasteiger partial charge is 0.465 e. The molecule has 0 aromatic rings. The van der Waals surface area contributed by atoms with Gasteiger partial charge in [0, 0.05) is 0 Å². The lowest BCUT2D eigenvalue weighted by Crippen LogP contribution is -2.55. The van der Waals surface area contributed by atoms with E-state index in [9.17, 15) is 25.2 Å². The monoisotopic (exact) mass is 466 g/mol. The first-order chi connectivity index (χ1) is 15.4. The standard InChI is InChI=1S/C27H46O6/c1-14(2)10-22(29)24(31)15(3)17-6-7-18-16-13-33-25(32)20-11-21(28)23(30)12-27(20,5)19(16)8-9-26(17,18)4/h14-24,28-31H,6-13H2,1-5H3/t15-,16+,17+,18-,19-,20+,21-,22-,23+,24-,26+,27+/m0/s1. The highest BCUT2D eigenvalue weighted by molar-refractivity contribution is 5.74. The molecular formula is C27H46O6. The number of hydrogen-bond acceptors (Lipinski definition) is 6. The summed E-state index contributed by atoms with van der Waals surface area (Å²) in [6.07, 6.45) is 2.30. The van der Waals surface area contributed by atoms with Crippen molar-refractivity contribution in [3.05, 3.63) is 0 Å². The van der Waals surface area contributed by atoms with Crippen LogP contribution in [-0.2, 0) is 9.53 Å². The van der Waals surface area contributed by atoms with E-state index in [1.54, 1.807) is 0 Å². The van der Waals surface area contributed by atoms with Crippen LogP contribution >= 0.6 is 0 Å². The van der Waals surface area contributed by atoms with Crippen molar-refractivity contribution < 1.29 is 30.0 Å². The van der Waals surface area contributed by atoms with Gasteiger partial charge >= 0.3 is 5.97 Å². The highest BCUT2D eigenvalue weighted by Crippen LogP contribution is 2.66. The van der Waals surface area contributed by atoms with Gasteiger partial charge in [0.1, 0.15) is 0 Å². The Morgan fingerprint density at radius 2 is 1.67 bits per heavy atom. The van der Waals surface area contributed by atoms with Gasteiger partial charge in [-0.2, -0.15) is 0 Å². The summed E-state index contributed by atoms with van der Waals surface area (Å²) in [6.45, 7) is 11.1. The van der Waals surface area contributed by atoms with Crippen LogP contribution in [0.25, 0.3) is 0 Å². The average molecular weight is 467 g/mol. The normalized spacial score (nSPS) is 48.2. The quantitative estimate of drug-likeness (QED) is 0.464. The van der Waals surface area contributed by atoms with Gasteiger partial charge in [-0.1, -0.05) is 34.6 Å². The minimum absolute atomic E-state index is 0.00798. The Balaban J connectivity index is 1.57. The Labute approximate surface area is 199 Å². The fourth-order valence-electron chi connectivity index (χ4n) is 8.90. The molecular weight excluding hydrogens is 420 g/mol. The zero-order valence-electron chi connectivity index (χ0n) is 21.1. The lowest BCUT2D eigenvalue weighted by atomic mass is 9.48. The molecule has 3 saturated carbocycles. The van der Waals surface area contributed by atoms with Gasteiger partial charge in [0.15, 0.2) is 0 Å². The van der Waals surface area contributed by atoms with Crippen LogP contribution in [0.1, 0.15) is 79.6 Å². The average Bonchev–Trinajstić information content (AvgIpc) is 3.05. The van der Waals surface area contributed by atoms with Gasteiger partial charge in [-0.25, -0.2) is 0 Å². The van der Waals surface area contributed by atoms with E-state index in [1.807, 2.05) is 0 Å². The molecule has 4 fully saturated rings. The first-order valence-electron chi connectivity index (χ1n) is 13.3. The van der Waals surface area contributed by atoms with Crippen molar-refractivity contribution >= 4 is 5.97 Å². The van der Waals surface area contributed by atoms with Crippen molar-refractivity contribution in [1.82, 2.24) is 0 Å². The van der Waals surface area contributed by atoms with Gasteiger partial charge in [-0.15, -0.1) is 0 Å². The second kappa shape index (κ2) is 9.07. The van der Waals surface area contributed by atoms with Crippen LogP contribution in [0.15, 0.2) is 0 Å². The zero-order chi connectivity index (χ0) is 24.3. The van der Waals surface area contributed by atoms with Crippen LogP contribution in [0, 0.1) is 52.3 Å². The van der Waals surface area contributed by atoms with E-state index in [-0.39, 0.29) is 46.9 Å². The molecule has 1 saturated heterocycles. The number of carbonyl (C=O) groups excluding carboxylic acids is 1. The number of esters is 1. The predicted molar refractivity (Wildman–Crippen MR) is 125 cm³/mol. The summed E-state index contributed by atoms with van der Waals surface area (Å²) in [5.41, 5.74) is -0.330. The highest BCUT2D eigenvalue weighted by atomic mass is 16.5. The molecule has 12 atom stereocenters. The van der Waals surface area contributed by atoms with Gasteiger partial charge in [-0.3, -0.25) is 4.79 Å². The number of carbonyl (C=O) groups is 1. The van der Waals surface area contributed by atoms with E-state index >= 15 is 0 Å². The van der Waals surface area contributed by atoms with E-state index < -0.39 is 24.4 Å². The molecule has 3 aliphatic carbocycles. The van der Waals surface area contributed by atoms with E-state index in [2.05, 4.69) is 34.6 Å². The molecule has 0 aromatic carbocycles. The van der Waals surface area contributed by atoms with Crippen LogP contribution in [0.5, 0.6) is 0 Å². The second-order valence-corrected chi connectivity index (χ2v) is 12.9. The lowest BCUT2D eigenvalue weighted by Gasteiger charge is -2.56. The van der Waals surface area contributed by atoms with Gasteiger partial charge in [-0.05, 0) is 91.3 Å². The number of aliphatic hydroxyl groups is 4. The predicted octanol–water partition coefficient (Wildman–Crippen LogP) is 3.14. The van der Waals surface area contributed by atoms with Crippen LogP contribution in [0.4, 0.5) is 0 Å². The molecule has 1 aliphatic heterocycles. The molecule has 0 spiro atoms. The molecule has 0 aromatic heterocycles. The van der Waals surface area contributed by atoms with Crippen molar-refractivity contribution in [3.8, 4) is 0 Å². The molecule has 33 heavy (non-hydrogen) atoms. The van der Waals surface area contributed by atoms with Gasteiger partial charge in [0.25, 0.3) is 0 Å². The first kappa shape index (κ1) is 25.4. The fraction of sp³-hybridized carbons (Fsp3) is 0.963. The molecule has 0 radical (unpaired) electrons. The maximum atomic E-state index is 13.0. The van der Waals surface area contributed by atoms with Crippen LogP contribution in [-0.4, -0.2) is 57.4 Å². The van der Waals surface area contributed by atoms with Crippen LogP contribution in [0.3, 0.4) is 0 Å². The van der Waals surface area contributed by atoms with Crippen molar-refractivity contribution in [2.75, 3.05) is 6.61 Å². The third-order valence-electron chi connectivity index (χ3n) is 10.7.